The van der Waals surface area contributed by atoms with Crippen molar-refractivity contribution in [3.8, 4) is 5.69 Å². The van der Waals surface area contributed by atoms with Crippen LogP contribution >= 0.6 is 0 Å². The second kappa shape index (κ2) is 9.81. The highest BCUT2D eigenvalue weighted by atomic mass is 16.1. The van der Waals surface area contributed by atoms with Gasteiger partial charge in [0.2, 0.25) is 0 Å². The SMILES string of the molecule is CC(C)C(=O)CC1CC1.Cc1cc(CC(=O)C(C)C)cc(-n2cnc(C)c2)c1. The first-order chi connectivity index (χ1) is 13.2. The van der Waals surface area contributed by atoms with Crippen LogP contribution in [0.25, 0.3) is 5.69 Å². The van der Waals surface area contributed by atoms with Gasteiger partial charge in [0.15, 0.2) is 0 Å². The van der Waals surface area contributed by atoms with Crippen molar-refractivity contribution in [2.24, 2.45) is 17.8 Å². The van der Waals surface area contributed by atoms with Gasteiger partial charge in [-0.3, -0.25) is 9.59 Å². The number of rotatable bonds is 7. The molecular formula is C24H34N2O2. The Morgan fingerprint density at radius 2 is 1.68 bits per heavy atom. The van der Waals surface area contributed by atoms with E-state index in [9.17, 15) is 9.59 Å². The molecule has 1 aliphatic rings. The topological polar surface area (TPSA) is 52.0 Å². The molecule has 1 heterocycles. The van der Waals surface area contributed by atoms with Gasteiger partial charge in [-0.25, -0.2) is 4.98 Å². The highest BCUT2D eigenvalue weighted by Crippen LogP contribution is 2.33. The Morgan fingerprint density at radius 3 is 2.18 bits per heavy atom. The van der Waals surface area contributed by atoms with E-state index in [0.717, 1.165) is 34.8 Å². The van der Waals surface area contributed by atoms with Gasteiger partial charge in [-0.05, 0) is 55.9 Å². The molecule has 1 fully saturated rings. The molecule has 2 aromatic rings. The van der Waals surface area contributed by atoms with Crippen LogP contribution in [0.15, 0.2) is 30.7 Å². The Balaban J connectivity index is 0.000000261. The molecule has 1 saturated carbocycles. The second-order valence-corrected chi connectivity index (χ2v) is 8.67. The van der Waals surface area contributed by atoms with Crippen LogP contribution < -0.4 is 0 Å². The zero-order chi connectivity index (χ0) is 20.8. The molecule has 1 aromatic heterocycles. The Kier molecular flexibility index (Phi) is 7.73. The van der Waals surface area contributed by atoms with Crippen molar-refractivity contribution in [1.29, 1.82) is 0 Å². The molecule has 3 rings (SSSR count). The van der Waals surface area contributed by atoms with E-state index < -0.39 is 0 Å². The van der Waals surface area contributed by atoms with E-state index in [0.29, 0.717) is 12.2 Å². The van der Waals surface area contributed by atoms with E-state index in [2.05, 4.69) is 30.1 Å². The van der Waals surface area contributed by atoms with Gasteiger partial charge in [-0.1, -0.05) is 33.8 Å². The lowest BCUT2D eigenvalue weighted by atomic mass is 9.99. The van der Waals surface area contributed by atoms with Gasteiger partial charge in [-0.15, -0.1) is 0 Å². The van der Waals surface area contributed by atoms with Crippen LogP contribution in [0.2, 0.25) is 0 Å². The van der Waals surface area contributed by atoms with Crippen molar-refractivity contribution in [1.82, 2.24) is 9.55 Å². The number of imidazole rings is 1. The van der Waals surface area contributed by atoms with Crippen LogP contribution in [0.3, 0.4) is 0 Å². The first-order valence-electron chi connectivity index (χ1n) is 10.3. The Labute approximate surface area is 169 Å². The van der Waals surface area contributed by atoms with Crippen molar-refractivity contribution >= 4 is 11.6 Å². The average molecular weight is 383 g/mol. The number of benzene rings is 1. The lowest BCUT2D eigenvalue weighted by Gasteiger charge is -2.09. The number of nitrogens with zero attached hydrogens (tertiary/aromatic N) is 2. The zero-order valence-electron chi connectivity index (χ0n) is 18.2. The number of carbonyl (C=O) groups is 2. The summed E-state index contributed by atoms with van der Waals surface area (Å²) in [5.41, 5.74) is 4.28. The maximum Gasteiger partial charge on any atom is 0.139 e. The van der Waals surface area contributed by atoms with Crippen molar-refractivity contribution in [3.63, 3.8) is 0 Å². The van der Waals surface area contributed by atoms with E-state index in [1.54, 1.807) is 6.33 Å². The normalized spacial score (nSPS) is 13.4. The number of aryl methyl sites for hydroxylation is 2. The summed E-state index contributed by atoms with van der Waals surface area (Å²) >= 11 is 0. The molecule has 152 valence electrons. The van der Waals surface area contributed by atoms with E-state index in [4.69, 9.17) is 0 Å². The molecule has 0 bridgehead atoms. The summed E-state index contributed by atoms with van der Waals surface area (Å²) < 4.78 is 1.99. The smallest absolute Gasteiger partial charge is 0.139 e. The fourth-order valence-electron chi connectivity index (χ4n) is 2.90. The molecule has 4 heteroatoms. The quantitative estimate of drug-likeness (QED) is 0.655. The summed E-state index contributed by atoms with van der Waals surface area (Å²) in [4.78, 5) is 27.1. The predicted octanol–water partition coefficient (Wildman–Crippen LogP) is 5.27. The summed E-state index contributed by atoms with van der Waals surface area (Å²) in [7, 11) is 0. The van der Waals surface area contributed by atoms with E-state index in [1.165, 1.54) is 12.8 Å². The minimum Gasteiger partial charge on any atom is -0.306 e. The maximum absolute atomic E-state index is 11.9. The van der Waals surface area contributed by atoms with Crippen molar-refractivity contribution in [3.05, 3.63) is 47.5 Å². The monoisotopic (exact) mass is 382 g/mol. The molecular weight excluding hydrogens is 348 g/mol. The summed E-state index contributed by atoms with van der Waals surface area (Å²) in [6, 6.07) is 6.24. The zero-order valence-corrected chi connectivity index (χ0v) is 18.2. The van der Waals surface area contributed by atoms with Gasteiger partial charge in [-0.2, -0.15) is 0 Å². The first-order valence-corrected chi connectivity index (χ1v) is 10.3. The van der Waals surface area contributed by atoms with Crippen molar-refractivity contribution in [2.75, 3.05) is 0 Å². The number of carbonyl (C=O) groups excluding carboxylic acids is 2. The van der Waals surface area contributed by atoms with Crippen LogP contribution in [0.4, 0.5) is 0 Å². The molecule has 0 spiro atoms. The average Bonchev–Trinajstić information content (AvgIpc) is 3.32. The third-order valence-electron chi connectivity index (χ3n) is 4.98. The van der Waals surface area contributed by atoms with E-state index >= 15 is 0 Å². The standard InChI is InChI=1S/C16H20N2O.C8H14O/c1-11(2)16(19)8-14-5-12(3)6-15(7-14)18-9-13(4)17-10-18;1-6(2)8(9)5-7-3-4-7/h5-7,9-11H,8H2,1-4H3;6-7H,3-5H2,1-2H3. The number of ketones is 2. The molecule has 1 aromatic carbocycles. The molecule has 0 N–H and O–H groups in total. The van der Waals surface area contributed by atoms with Gasteiger partial charge < -0.3 is 4.57 Å². The van der Waals surface area contributed by atoms with Crippen molar-refractivity contribution in [2.45, 2.75) is 67.2 Å². The minimum absolute atomic E-state index is 0.0828. The molecule has 0 saturated heterocycles. The van der Waals surface area contributed by atoms with Crippen LogP contribution in [0.1, 0.15) is 63.8 Å². The largest absolute Gasteiger partial charge is 0.306 e. The summed E-state index contributed by atoms with van der Waals surface area (Å²) in [5, 5.41) is 0. The number of hydrogen-bond acceptors (Lipinski definition) is 3. The second-order valence-electron chi connectivity index (χ2n) is 8.67. The lowest BCUT2D eigenvalue weighted by Crippen LogP contribution is -2.10. The molecule has 0 aliphatic heterocycles. The predicted molar refractivity (Wildman–Crippen MR) is 114 cm³/mol. The number of aromatic nitrogens is 2. The van der Waals surface area contributed by atoms with Crippen LogP contribution in [0, 0.1) is 31.6 Å². The Morgan fingerprint density at radius 1 is 1.04 bits per heavy atom. The van der Waals surface area contributed by atoms with Gasteiger partial charge in [0.05, 0.1) is 12.0 Å². The van der Waals surface area contributed by atoms with Crippen LogP contribution in [-0.4, -0.2) is 21.1 Å². The van der Waals surface area contributed by atoms with Gasteiger partial charge >= 0.3 is 0 Å². The molecule has 0 radical (unpaired) electrons. The lowest BCUT2D eigenvalue weighted by molar-refractivity contribution is -0.122. The van der Waals surface area contributed by atoms with Crippen LogP contribution in [-0.2, 0) is 16.0 Å². The summed E-state index contributed by atoms with van der Waals surface area (Å²) in [6.07, 6.45) is 7.72. The third kappa shape index (κ3) is 7.06. The van der Waals surface area contributed by atoms with Gasteiger partial charge in [0, 0.05) is 36.6 Å². The summed E-state index contributed by atoms with van der Waals surface area (Å²) in [6.45, 7) is 11.9. The molecule has 0 unspecified atom stereocenters. The van der Waals surface area contributed by atoms with Crippen molar-refractivity contribution < 1.29 is 9.59 Å². The summed E-state index contributed by atoms with van der Waals surface area (Å²) in [5.74, 6) is 1.82. The highest BCUT2D eigenvalue weighted by Gasteiger charge is 2.25. The Bertz CT molecular complexity index is 814. The van der Waals surface area contributed by atoms with E-state index in [-0.39, 0.29) is 17.6 Å². The fourth-order valence-corrected chi connectivity index (χ4v) is 2.90. The maximum atomic E-state index is 11.9. The minimum atomic E-state index is 0.0828. The first kappa shape index (κ1) is 22.1. The highest BCUT2D eigenvalue weighted by molar-refractivity contribution is 5.82. The molecule has 0 amide bonds. The molecule has 0 atom stereocenters. The molecule has 28 heavy (non-hydrogen) atoms. The number of hydrogen-bond donors (Lipinski definition) is 0. The van der Waals surface area contributed by atoms with Gasteiger partial charge in [0.1, 0.15) is 11.6 Å². The third-order valence-corrected chi connectivity index (χ3v) is 4.98. The molecule has 1 aliphatic carbocycles. The van der Waals surface area contributed by atoms with Gasteiger partial charge in [0.25, 0.3) is 0 Å². The van der Waals surface area contributed by atoms with Crippen LogP contribution in [0.5, 0.6) is 0 Å². The molecule has 4 nitrogen and oxygen atoms in total. The van der Waals surface area contributed by atoms with E-state index in [1.807, 2.05) is 45.4 Å². The fraction of sp³-hybridized carbons (Fsp3) is 0.542. The Hall–Kier alpha value is -2.23. The number of Topliss-reactive ketones (excluding diaryl/α,β-unsaturated/α-hetero) is 2.